The van der Waals surface area contributed by atoms with E-state index in [1.807, 2.05) is 0 Å². The van der Waals surface area contributed by atoms with Gasteiger partial charge in [0.25, 0.3) is 0 Å². The Balaban J connectivity index is 1.50. The fourth-order valence-corrected chi connectivity index (χ4v) is 33.9. The number of rotatable bonds is 9. The first-order chi connectivity index (χ1) is 27.0. The first kappa shape index (κ1) is 33.0. The summed E-state index contributed by atoms with van der Waals surface area (Å²) in [7, 11) is -12.3. The van der Waals surface area contributed by atoms with Crippen molar-refractivity contribution in [3.8, 4) is 0 Å². The zero-order chi connectivity index (χ0) is 38.0. The molecule has 0 atom stereocenters. The SMILES string of the molecule is CCC[Si](C)(C)O[Si-2]123(O[Si](C)(C)CCCN)n4c5c6ccccc6c4N=C4c6ccccc6C(=[N+]41)N=c1c4ccccc4c(n12)=NC1=[N+]3C(=N5)c2ccccc21. The maximum atomic E-state index is 9.00. The van der Waals surface area contributed by atoms with Gasteiger partial charge < -0.3 is 0 Å². The van der Waals surface area contributed by atoms with Crippen LogP contribution >= 0.6 is 0 Å². The number of hydrogen-bond donors (Lipinski definition) is 1. The van der Waals surface area contributed by atoms with Crippen LogP contribution in [0.3, 0.4) is 0 Å². The Hall–Kier alpha value is -5.23. The summed E-state index contributed by atoms with van der Waals surface area (Å²) in [6.45, 7) is 12.3. The van der Waals surface area contributed by atoms with Gasteiger partial charge in [-0.3, -0.25) is 0 Å². The average Bonchev–Trinajstić information content (AvgIpc) is 3.90. The summed E-state index contributed by atoms with van der Waals surface area (Å²) in [5, 5.41) is 4.00. The third-order valence-electron chi connectivity index (χ3n) is 12.9. The standard InChI is InChI=1S/C42H43N9O2Si3/c1-6-25-54(2,3)52-56(53-55(4,5)26-15-24-43)48-35-27-16-7-8-17-28(27)36(48)45-38-31-20-11-12-21-32(31)40(50(38)56)47-42-34-23-14-13-22-33(34)41(51(42)56)46-39-30-19-10-9-18-29(30)37(44-35)49(39)56/h7-14,16-23H,6,15,24-26,43H2,1-5H3. The maximum absolute atomic E-state index is 9.00. The number of benzene rings is 4. The van der Waals surface area contributed by atoms with E-state index in [4.69, 9.17) is 33.9 Å². The van der Waals surface area contributed by atoms with E-state index in [1.54, 1.807) is 0 Å². The van der Waals surface area contributed by atoms with Gasteiger partial charge in [0.05, 0.1) is 0 Å². The van der Waals surface area contributed by atoms with Crippen molar-refractivity contribution in [2.75, 3.05) is 6.54 Å². The fraction of sp³-hybridized carbons (Fsp3) is 0.238. The van der Waals surface area contributed by atoms with Crippen LogP contribution < -0.4 is 16.7 Å². The Kier molecular flexibility index (Phi) is 5.89. The first-order valence-corrected chi connectivity index (χ1v) is 28.8. The number of amidine groups is 4. The molecule has 6 aliphatic heterocycles. The molecule has 11 nitrogen and oxygen atoms in total. The number of nitrogens with two attached hydrogens (primary N) is 1. The molecule has 0 amide bonds. The van der Waals surface area contributed by atoms with Crippen molar-refractivity contribution in [3.63, 3.8) is 0 Å². The molecule has 2 aromatic heterocycles. The second-order valence-corrected chi connectivity index (χ2v) is 31.6. The average molecular weight is 790 g/mol. The van der Waals surface area contributed by atoms with E-state index in [0.717, 1.165) is 115 Å². The molecule has 8 heterocycles. The Bertz CT molecular complexity index is 3000. The van der Waals surface area contributed by atoms with Gasteiger partial charge in [0, 0.05) is 0 Å². The van der Waals surface area contributed by atoms with E-state index in [0.29, 0.717) is 6.54 Å². The summed E-state index contributed by atoms with van der Waals surface area (Å²) in [6.07, 6.45) is 1.78. The summed E-state index contributed by atoms with van der Waals surface area (Å²) < 4.78 is 27.6. The number of fused-ring (bicyclic) bond motifs is 12. The third-order valence-corrected chi connectivity index (χ3v) is 29.8. The second kappa shape index (κ2) is 10.0. The van der Waals surface area contributed by atoms with Crippen LogP contribution in [0.15, 0.2) is 117 Å². The predicted molar refractivity (Wildman–Crippen MR) is 227 cm³/mol. The van der Waals surface area contributed by atoms with Gasteiger partial charge in [0.15, 0.2) is 0 Å². The molecule has 0 radical (unpaired) electrons. The predicted octanol–water partition coefficient (Wildman–Crippen LogP) is 6.53. The molecule has 0 aliphatic carbocycles. The van der Waals surface area contributed by atoms with Crippen molar-refractivity contribution in [3.05, 3.63) is 130 Å². The minimum atomic E-state index is -6.52. The monoisotopic (exact) mass is 789 g/mol. The summed E-state index contributed by atoms with van der Waals surface area (Å²) >= 11 is 0. The van der Waals surface area contributed by atoms with Gasteiger partial charge in [-0.2, -0.15) is 0 Å². The van der Waals surface area contributed by atoms with Crippen molar-refractivity contribution in [1.29, 1.82) is 0 Å². The normalized spacial score (nSPS) is 20.5. The summed E-state index contributed by atoms with van der Waals surface area (Å²) in [5.74, 6) is 4.69. The second-order valence-electron chi connectivity index (χ2n) is 17.3. The molecule has 6 aliphatic rings. The summed E-state index contributed by atoms with van der Waals surface area (Å²) in [4.78, 5) is 23.1. The topological polar surface area (TPSA) is 110 Å². The van der Waals surface area contributed by atoms with E-state index in [2.05, 4.69) is 147 Å². The Morgan fingerprint density at radius 1 is 0.571 bits per heavy atom. The zero-order valence-corrected chi connectivity index (χ0v) is 35.2. The first-order valence-electron chi connectivity index (χ1n) is 19.9. The van der Waals surface area contributed by atoms with Crippen LogP contribution in [0.1, 0.15) is 42.0 Å². The van der Waals surface area contributed by atoms with Gasteiger partial charge in [0.2, 0.25) is 0 Å². The molecule has 1 spiro atoms. The number of aromatic nitrogens is 2. The van der Waals surface area contributed by atoms with Gasteiger partial charge in [-0.1, -0.05) is 0 Å². The van der Waals surface area contributed by atoms with E-state index in [1.165, 1.54) is 0 Å². The van der Waals surface area contributed by atoms with E-state index < -0.39 is 24.4 Å². The molecule has 280 valence electrons. The van der Waals surface area contributed by atoms with Crippen LogP contribution in [0.5, 0.6) is 0 Å². The molecule has 0 fully saturated rings. The van der Waals surface area contributed by atoms with Gasteiger partial charge >= 0.3 is 327 Å². The van der Waals surface area contributed by atoms with Gasteiger partial charge in [-0.25, -0.2) is 0 Å². The number of nitrogens with zero attached hydrogens (tertiary/aromatic N) is 8. The van der Waals surface area contributed by atoms with Crippen LogP contribution in [0.2, 0.25) is 38.3 Å². The molecule has 4 aromatic carbocycles. The molecule has 0 saturated carbocycles. The molecular weight excluding hydrogens is 747 g/mol. The fourth-order valence-electron chi connectivity index (χ4n) is 11.4. The van der Waals surface area contributed by atoms with Crippen molar-refractivity contribution < 1.29 is 16.7 Å². The molecule has 56 heavy (non-hydrogen) atoms. The van der Waals surface area contributed by atoms with Crippen molar-refractivity contribution in [2.24, 2.45) is 25.7 Å². The Morgan fingerprint density at radius 2 is 1.00 bits per heavy atom. The van der Waals surface area contributed by atoms with Crippen LogP contribution in [-0.2, 0) is 8.23 Å². The summed E-state index contributed by atoms with van der Waals surface area (Å²) in [5.41, 5.74) is 11.9. The van der Waals surface area contributed by atoms with Crippen LogP contribution in [0.25, 0.3) is 21.5 Å². The van der Waals surface area contributed by atoms with Crippen molar-refractivity contribution in [1.82, 2.24) is 8.47 Å². The van der Waals surface area contributed by atoms with Gasteiger partial charge in [-0.15, -0.1) is 0 Å². The quantitative estimate of drug-likeness (QED) is 0.169. The molecule has 14 heteroatoms. The molecule has 2 N–H and O–H groups in total. The molecule has 6 aromatic rings. The third kappa shape index (κ3) is 3.30. The van der Waals surface area contributed by atoms with Crippen molar-refractivity contribution in [2.45, 2.75) is 58.0 Å². The molecular formula is C42H43N9O2Si3. The Morgan fingerprint density at radius 3 is 1.46 bits per heavy atom. The Labute approximate surface area is 325 Å². The van der Waals surface area contributed by atoms with Crippen LogP contribution in [-0.4, -0.2) is 71.2 Å². The van der Waals surface area contributed by atoms with Crippen molar-refractivity contribution >= 4 is 80.9 Å². The van der Waals surface area contributed by atoms with E-state index in [-0.39, 0.29) is 0 Å². The zero-order valence-electron chi connectivity index (χ0n) is 32.2. The summed E-state index contributed by atoms with van der Waals surface area (Å²) in [6, 6.07) is 36.0. The molecule has 12 rings (SSSR count). The van der Waals surface area contributed by atoms with Crippen LogP contribution in [0, 0.1) is 0 Å². The van der Waals surface area contributed by atoms with Crippen LogP contribution in [0.4, 0.5) is 11.6 Å². The number of hydrogen-bond acceptors (Lipinski definition) is 7. The molecule has 0 bridgehead atoms. The molecule has 0 saturated heterocycles. The van der Waals surface area contributed by atoms with Gasteiger partial charge in [0.1, 0.15) is 0 Å². The minimum absolute atomic E-state index is 0.564. The molecule has 0 unspecified atom stereocenters. The van der Waals surface area contributed by atoms with Gasteiger partial charge in [-0.05, 0) is 0 Å². The number of aliphatic imine (C=N–C) groups is 2. The van der Waals surface area contributed by atoms with E-state index in [9.17, 15) is 0 Å². The van der Waals surface area contributed by atoms with E-state index >= 15 is 0 Å².